The van der Waals surface area contributed by atoms with E-state index in [-0.39, 0.29) is 11.9 Å². The van der Waals surface area contributed by atoms with E-state index in [2.05, 4.69) is 10.3 Å². The summed E-state index contributed by atoms with van der Waals surface area (Å²) in [5, 5.41) is 4.70. The lowest BCUT2D eigenvalue weighted by atomic mass is 10.0. The molecule has 1 N–H and O–H groups in total. The Kier molecular flexibility index (Phi) is 5.42. The van der Waals surface area contributed by atoms with Gasteiger partial charge in [-0.3, -0.25) is 4.79 Å². The molecule has 29 heavy (non-hydrogen) atoms. The van der Waals surface area contributed by atoms with Crippen molar-refractivity contribution in [3.05, 3.63) is 34.2 Å². The van der Waals surface area contributed by atoms with Crippen molar-refractivity contribution >= 4 is 54.9 Å². The van der Waals surface area contributed by atoms with Gasteiger partial charge in [0.1, 0.15) is 16.3 Å². The second kappa shape index (κ2) is 8.00. The summed E-state index contributed by atoms with van der Waals surface area (Å²) in [6, 6.07) is 5.78. The highest BCUT2D eigenvalue weighted by Crippen LogP contribution is 2.41. The van der Waals surface area contributed by atoms with E-state index >= 15 is 0 Å². The number of carbonyl (C=O) groups is 2. The van der Waals surface area contributed by atoms with Crippen LogP contribution in [0.3, 0.4) is 0 Å². The van der Waals surface area contributed by atoms with E-state index in [0.717, 1.165) is 20.7 Å². The fourth-order valence-corrected chi connectivity index (χ4v) is 5.62. The van der Waals surface area contributed by atoms with Crippen LogP contribution in [0, 0.1) is 0 Å². The van der Waals surface area contributed by atoms with Gasteiger partial charge in [0.05, 0.1) is 30.5 Å². The van der Waals surface area contributed by atoms with Gasteiger partial charge in [0.2, 0.25) is 5.91 Å². The van der Waals surface area contributed by atoms with Gasteiger partial charge in [-0.2, -0.15) is 0 Å². The lowest BCUT2D eigenvalue weighted by molar-refractivity contribution is -0.129. The fourth-order valence-electron chi connectivity index (χ4n) is 3.42. The summed E-state index contributed by atoms with van der Waals surface area (Å²) in [6.07, 6.45) is 0.634. The number of esters is 1. The Morgan fingerprint density at radius 3 is 2.86 bits per heavy atom. The van der Waals surface area contributed by atoms with E-state index in [1.807, 2.05) is 18.2 Å². The summed E-state index contributed by atoms with van der Waals surface area (Å²) < 4.78 is 11.7. The van der Waals surface area contributed by atoms with Gasteiger partial charge in [-0.1, -0.05) is 17.4 Å². The number of nitrogens with one attached hydrogen (secondary N) is 1. The number of para-hydroxylation sites is 1. The van der Waals surface area contributed by atoms with Crippen LogP contribution >= 0.6 is 22.7 Å². The summed E-state index contributed by atoms with van der Waals surface area (Å²) >= 11 is 2.98. The van der Waals surface area contributed by atoms with Crippen molar-refractivity contribution in [1.82, 2.24) is 9.88 Å². The molecule has 0 aliphatic carbocycles. The number of carbonyl (C=O) groups excluding carboxylic acids is 2. The smallest absolute Gasteiger partial charge is 0.341 e. The van der Waals surface area contributed by atoms with Gasteiger partial charge in [-0.15, -0.1) is 11.3 Å². The van der Waals surface area contributed by atoms with Crippen molar-refractivity contribution in [3.63, 3.8) is 0 Å². The van der Waals surface area contributed by atoms with Gasteiger partial charge < -0.3 is 19.7 Å². The third kappa shape index (κ3) is 3.67. The average molecular weight is 432 g/mol. The van der Waals surface area contributed by atoms with Crippen LogP contribution in [-0.2, 0) is 22.5 Å². The van der Waals surface area contributed by atoms with E-state index < -0.39 is 0 Å². The van der Waals surface area contributed by atoms with Crippen molar-refractivity contribution in [2.75, 3.05) is 25.6 Å². The van der Waals surface area contributed by atoms with E-state index in [1.165, 1.54) is 22.7 Å². The summed E-state index contributed by atoms with van der Waals surface area (Å²) in [5.74, 6) is 0.400. The molecule has 0 saturated carbocycles. The van der Waals surface area contributed by atoms with E-state index in [1.54, 1.807) is 25.9 Å². The molecule has 1 aliphatic heterocycles. The largest absolute Gasteiger partial charge is 0.494 e. The molecule has 0 bridgehead atoms. The Morgan fingerprint density at radius 2 is 2.14 bits per heavy atom. The number of anilines is 2. The first-order valence-electron chi connectivity index (χ1n) is 9.29. The third-order valence-electron chi connectivity index (χ3n) is 4.80. The fraction of sp³-hybridized carbons (Fsp3) is 0.350. The van der Waals surface area contributed by atoms with Gasteiger partial charge in [-0.05, 0) is 31.0 Å². The maximum atomic E-state index is 12.7. The number of thiophene rings is 1. The lowest BCUT2D eigenvalue weighted by Gasteiger charge is -2.25. The number of rotatable bonds is 5. The number of methoxy groups -OCH3 is 1. The molecule has 1 amide bonds. The van der Waals surface area contributed by atoms with E-state index in [4.69, 9.17) is 9.47 Å². The number of ether oxygens (including phenoxy) is 2. The Hall–Kier alpha value is -2.65. The summed E-state index contributed by atoms with van der Waals surface area (Å²) in [5.41, 5.74) is 2.30. The molecule has 0 spiro atoms. The summed E-state index contributed by atoms with van der Waals surface area (Å²) in [4.78, 5) is 31.9. The van der Waals surface area contributed by atoms with Crippen molar-refractivity contribution in [2.24, 2.45) is 0 Å². The second-order valence-corrected chi connectivity index (χ2v) is 8.71. The van der Waals surface area contributed by atoms with Gasteiger partial charge in [0.15, 0.2) is 5.13 Å². The van der Waals surface area contributed by atoms with Crippen LogP contribution in [0.1, 0.15) is 34.6 Å². The molecule has 0 fully saturated rings. The van der Waals surface area contributed by atoms with Crippen molar-refractivity contribution in [3.8, 4) is 5.75 Å². The minimum atomic E-state index is -0.345. The van der Waals surface area contributed by atoms with Gasteiger partial charge >= 0.3 is 5.97 Å². The SMILES string of the molecule is CCOC(=O)c1c(Nc2nc3c(OC)cccc3s2)sc2c1CCN(C(C)=O)C2. The standard InChI is InChI=1S/C20H21N3O4S2/c1-4-27-19(25)16-12-8-9-23(11(2)24)10-15(12)28-18(16)22-20-21-17-13(26-3)6-5-7-14(17)29-20/h5-7H,4,8-10H2,1-3H3,(H,21,22). The molecule has 2 aromatic heterocycles. The molecular weight excluding hydrogens is 410 g/mol. The first kappa shape index (κ1) is 19.7. The number of aromatic nitrogens is 1. The Labute approximate surface area is 176 Å². The van der Waals surface area contributed by atoms with Crippen LogP contribution in [0.15, 0.2) is 18.2 Å². The summed E-state index contributed by atoms with van der Waals surface area (Å²) in [7, 11) is 1.62. The molecule has 3 aromatic rings. The molecule has 0 radical (unpaired) electrons. The van der Waals surface area contributed by atoms with Crippen LogP contribution in [0.5, 0.6) is 5.75 Å². The quantitative estimate of drug-likeness (QED) is 0.610. The molecule has 0 saturated heterocycles. The number of benzene rings is 1. The number of fused-ring (bicyclic) bond motifs is 2. The molecule has 0 unspecified atom stereocenters. The van der Waals surface area contributed by atoms with Crippen molar-refractivity contribution in [2.45, 2.75) is 26.8 Å². The highest BCUT2D eigenvalue weighted by molar-refractivity contribution is 7.23. The maximum Gasteiger partial charge on any atom is 0.341 e. The van der Waals surface area contributed by atoms with Crippen molar-refractivity contribution < 1.29 is 19.1 Å². The van der Waals surface area contributed by atoms with Crippen LogP contribution < -0.4 is 10.1 Å². The summed E-state index contributed by atoms with van der Waals surface area (Å²) in [6.45, 7) is 4.78. The lowest BCUT2D eigenvalue weighted by Crippen LogP contribution is -2.33. The van der Waals surface area contributed by atoms with Crippen LogP contribution in [0.2, 0.25) is 0 Å². The first-order chi connectivity index (χ1) is 14.0. The number of hydrogen-bond donors (Lipinski definition) is 1. The molecule has 4 rings (SSSR count). The highest BCUT2D eigenvalue weighted by atomic mass is 32.1. The topological polar surface area (TPSA) is 80.8 Å². The molecule has 9 heteroatoms. The Bertz CT molecular complexity index is 1090. The molecule has 3 heterocycles. The predicted molar refractivity (Wildman–Crippen MR) is 115 cm³/mol. The predicted octanol–water partition coefficient (Wildman–Crippen LogP) is 4.19. The van der Waals surface area contributed by atoms with E-state index in [9.17, 15) is 9.59 Å². The second-order valence-electron chi connectivity index (χ2n) is 6.57. The minimum Gasteiger partial charge on any atom is -0.494 e. The molecule has 1 aliphatic rings. The van der Waals surface area contributed by atoms with Gasteiger partial charge in [0, 0.05) is 18.3 Å². The first-order valence-corrected chi connectivity index (χ1v) is 10.9. The zero-order valence-corrected chi connectivity index (χ0v) is 18.0. The molecule has 7 nitrogen and oxygen atoms in total. The number of hydrogen-bond acceptors (Lipinski definition) is 8. The molecular formula is C20H21N3O4S2. The zero-order chi connectivity index (χ0) is 20.5. The van der Waals surface area contributed by atoms with Crippen LogP contribution in [0.25, 0.3) is 10.2 Å². The Morgan fingerprint density at radius 1 is 1.31 bits per heavy atom. The van der Waals surface area contributed by atoms with Crippen LogP contribution in [-0.4, -0.2) is 42.0 Å². The van der Waals surface area contributed by atoms with E-state index in [0.29, 0.717) is 47.6 Å². The minimum absolute atomic E-state index is 0.0366. The molecule has 152 valence electrons. The van der Waals surface area contributed by atoms with Gasteiger partial charge in [-0.25, -0.2) is 9.78 Å². The van der Waals surface area contributed by atoms with Crippen molar-refractivity contribution in [1.29, 1.82) is 0 Å². The number of nitrogens with zero attached hydrogens (tertiary/aromatic N) is 2. The van der Waals surface area contributed by atoms with Crippen LogP contribution in [0.4, 0.5) is 10.1 Å². The number of amides is 1. The maximum absolute atomic E-state index is 12.7. The average Bonchev–Trinajstić information content (AvgIpc) is 3.27. The molecule has 0 atom stereocenters. The third-order valence-corrected chi connectivity index (χ3v) is 6.87. The number of thiazole rings is 1. The zero-order valence-electron chi connectivity index (χ0n) is 16.4. The normalized spacial score (nSPS) is 13.3. The Balaban J connectivity index is 1.73. The van der Waals surface area contributed by atoms with Gasteiger partial charge in [0.25, 0.3) is 0 Å². The monoisotopic (exact) mass is 431 g/mol. The highest BCUT2D eigenvalue weighted by Gasteiger charge is 2.30. The molecule has 1 aromatic carbocycles.